The van der Waals surface area contributed by atoms with Gasteiger partial charge < -0.3 is 32.3 Å². The largest absolute Gasteiger partial charge is 0.449 e. The maximum Gasteiger partial charge on any atom is 0.414 e. The molecule has 0 radical (unpaired) electrons. The third kappa shape index (κ3) is 24.8. The lowest BCUT2D eigenvalue weighted by Gasteiger charge is -2.21. The van der Waals surface area contributed by atoms with Crippen molar-refractivity contribution < 1.29 is 96.6 Å². The second kappa shape index (κ2) is 42.8. The van der Waals surface area contributed by atoms with Gasteiger partial charge in [-0.15, -0.1) is 0 Å². The third-order valence-corrected chi connectivity index (χ3v) is 20.9. The number of rotatable bonds is 20. The van der Waals surface area contributed by atoms with E-state index in [9.17, 15) is 64.3 Å². The molecule has 0 atom stereocenters. The smallest absolute Gasteiger partial charge is 0.414 e. The summed E-state index contributed by atoms with van der Waals surface area (Å²) in [7, 11) is -4.16. The van der Waals surface area contributed by atoms with Gasteiger partial charge in [-0.05, 0) is 166 Å². The summed E-state index contributed by atoms with van der Waals surface area (Å²) < 4.78 is 118. The summed E-state index contributed by atoms with van der Waals surface area (Å²) in [4.78, 5) is 114. The van der Waals surface area contributed by atoms with E-state index in [-0.39, 0.29) is 109 Å². The number of hydrogen-bond donors (Lipinski definition) is 5. The molecule has 16 rings (SSSR count). The van der Waals surface area contributed by atoms with Gasteiger partial charge in [0.2, 0.25) is 23.3 Å². The predicted molar refractivity (Wildman–Crippen MR) is 450 cm³/mol. The number of halogens is 4. The number of aromatic nitrogens is 8. The fraction of sp³-hybridized carbons (Fsp3) is 0.174. The number of sulfonamides is 1. The Morgan fingerprint density at radius 3 is 1.09 bits per heavy atom. The number of benzene rings is 10. The van der Waals surface area contributed by atoms with Crippen molar-refractivity contribution >= 4 is 58.0 Å². The number of aryl methyl sites for hydroxylation is 1. The standard InChI is InChI=1S/C24H18FN3O4.C23H17FN4O5S.C23H22FN3O4.C22H20FN3O4/c25-20-12-5-4-11-19(20)23-26-21(28-32-23)17-9-6-10-18(15-17)22(29)27-24(30)31-14-13-16-7-2-1-3-8-16;1-14-9-11-17(12-10-14)34(31,32)28-23(30)26-21(29)16-6-4-5-15(13-16)20-25-22(33-27-20)18-7-2-3-8-19(18)24;24-19-12-5-4-11-18(19)22-25-20(27-31-22)16-9-6-10-17(13-16)21(28)26-23(29)30-14-15-7-2-1-3-8-15;23-18-12-5-4-11-17(18)21-24-19(26-30-21)14-7-6-8-15(13-14)20(27)25-22(28)29-16-9-2-1-3-10-16/h1-12,15H,13-14H2,(H,27,29,30);2-13H,1H3,(H2,26,28,29,30);4-6,9-13,15H,1-3,7-8,14H2,(H,26,28,29);4-8,11-13,16H,1-3,9-10H2,(H,25,27,28). The van der Waals surface area contributed by atoms with Crippen molar-refractivity contribution in [3.63, 3.8) is 0 Å². The van der Waals surface area contributed by atoms with Crippen LogP contribution in [0.2, 0.25) is 0 Å². The minimum Gasteiger partial charge on any atom is -0.449 e. The quantitative estimate of drug-likeness (QED) is 0.0349. The molecule has 2 fully saturated rings. The Labute approximate surface area is 721 Å². The molecule has 0 bridgehead atoms. The fourth-order valence-electron chi connectivity index (χ4n) is 13.0. The van der Waals surface area contributed by atoms with E-state index in [1.807, 2.05) is 35.6 Å². The van der Waals surface area contributed by atoms with E-state index < -0.39 is 81.2 Å². The summed E-state index contributed by atoms with van der Waals surface area (Å²) in [6, 6.07) is 63.3. The maximum atomic E-state index is 14.0. The number of carbonyl (C=O) groups excluding carboxylic acids is 8. The van der Waals surface area contributed by atoms with Gasteiger partial charge in [-0.1, -0.05) is 191 Å². The minimum absolute atomic E-state index is 0.0231. The molecule has 30 nitrogen and oxygen atoms in total. The van der Waals surface area contributed by atoms with Crippen LogP contribution in [0.3, 0.4) is 0 Å². The number of urea groups is 1. The number of hydrogen-bond acceptors (Lipinski definition) is 25. The molecule has 10 aromatic carbocycles. The third-order valence-electron chi connectivity index (χ3n) is 19.6. The highest BCUT2D eigenvalue weighted by Crippen LogP contribution is 2.32. The lowest BCUT2D eigenvalue weighted by atomic mass is 9.90. The second-order valence-electron chi connectivity index (χ2n) is 28.6. The van der Waals surface area contributed by atoms with E-state index in [1.54, 1.807) is 121 Å². The summed E-state index contributed by atoms with van der Waals surface area (Å²) >= 11 is 0. The molecule has 9 amide bonds. The molecule has 35 heteroatoms. The van der Waals surface area contributed by atoms with Gasteiger partial charge in [0, 0.05) is 50.9 Å². The van der Waals surface area contributed by atoms with Crippen LogP contribution in [0.25, 0.3) is 91.4 Å². The van der Waals surface area contributed by atoms with Gasteiger partial charge in [0.15, 0.2) is 0 Å². The Kier molecular flexibility index (Phi) is 30.0. The SMILES string of the molecule is Cc1ccc(S(=O)(=O)NC(=O)NC(=O)c2cccc(-c3noc(-c4ccccc4F)n3)c2)cc1.O=C(NC(=O)c1cccc(-c2noc(-c3ccccc3F)n2)c1)OC1CCCCC1.O=C(NC(=O)c1cccc(-c2noc(-c3ccccc3F)n2)c1)OCC1CCCCC1.O=C(NC(=O)c1cccc(-c2noc(-c3ccccc3F)n2)c1)OCCc1ccccc1. The normalized spacial score (nSPS) is 12.5. The van der Waals surface area contributed by atoms with Crippen molar-refractivity contribution in [2.24, 2.45) is 5.92 Å². The monoisotopic (exact) mass is 1740 g/mol. The zero-order chi connectivity index (χ0) is 89.2. The van der Waals surface area contributed by atoms with Crippen molar-refractivity contribution in [3.8, 4) is 91.4 Å². The molecule has 2 aliphatic rings. The van der Waals surface area contributed by atoms with Crippen molar-refractivity contribution in [2.45, 2.75) is 88.6 Å². The Bertz CT molecular complexity index is 6380. The average Bonchev–Trinajstić information content (AvgIpc) is 1.82. The predicted octanol–water partition coefficient (Wildman–Crippen LogP) is 18.1. The molecule has 4 aromatic heterocycles. The lowest BCUT2D eigenvalue weighted by Crippen LogP contribution is -2.42. The number of ether oxygens (including phenoxy) is 3. The molecule has 4 heterocycles. The molecular formula is C92H77F4N13O17S. The molecule has 127 heavy (non-hydrogen) atoms. The molecule has 0 spiro atoms. The van der Waals surface area contributed by atoms with Gasteiger partial charge in [-0.3, -0.25) is 40.4 Å². The Morgan fingerprint density at radius 1 is 0.378 bits per heavy atom. The van der Waals surface area contributed by atoms with Crippen LogP contribution in [0, 0.1) is 36.1 Å². The Balaban J connectivity index is 0.000000145. The van der Waals surface area contributed by atoms with Crippen LogP contribution in [0.5, 0.6) is 0 Å². The number of amides is 9. The van der Waals surface area contributed by atoms with E-state index in [2.05, 4.69) is 56.5 Å². The molecule has 0 unspecified atom stereocenters. The summed E-state index contributed by atoms with van der Waals surface area (Å²) in [5, 5.41) is 24.0. The summed E-state index contributed by atoms with van der Waals surface area (Å²) in [6.07, 6.45) is 8.48. The second-order valence-corrected chi connectivity index (χ2v) is 30.3. The minimum atomic E-state index is -4.16. The number of imide groups is 4. The van der Waals surface area contributed by atoms with Crippen LogP contribution in [0.15, 0.2) is 272 Å². The van der Waals surface area contributed by atoms with Gasteiger partial charge in [0.05, 0.1) is 40.4 Å². The van der Waals surface area contributed by atoms with Gasteiger partial charge in [-0.25, -0.2) is 49.9 Å². The molecule has 2 aliphatic carbocycles. The van der Waals surface area contributed by atoms with Gasteiger partial charge in [0.1, 0.15) is 29.4 Å². The molecule has 0 saturated heterocycles. The Hall–Kier alpha value is -15.8. The molecule has 5 N–H and O–H groups in total. The first kappa shape index (κ1) is 89.0. The Morgan fingerprint density at radius 2 is 0.717 bits per heavy atom. The first-order valence-electron chi connectivity index (χ1n) is 39.8. The number of nitrogens with one attached hydrogen (secondary N) is 5. The summed E-state index contributed by atoms with van der Waals surface area (Å²) in [5.74, 6) is -3.52. The molecule has 646 valence electrons. The molecular weight excluding hydrogens is 1670 g/mol. The first-order chi connectivity index (χ1) is 61.5. The van der Waals surface area contributed by atoms with Crippen LogP contribution in [0.1, 0.15) is 117 Å². The van der Waals surface area contributed by atoms with Crippen molar-refractivity contribution in [2.75, 3.05) is 13.2 Å². The van der Waals surface area contributed by atoms with Crippen LogP contribution in [-0.2, 0) is 30.7 Å². The topological polar surface area (TPSA) is 414 Å². The lowest BCUT2D eigenvalue weighted by molar-refractivity contribution is 0.0692. The highest BCUT2D eigenvalue weighted by Gasteiger charge is 2.26. The van der Waals surface area contributed by atoms with Gasteiger partial charge in [-0.2, -0.15) is 19.9 Å². The van der Waals surface area contributed by atoms with Crippen molar-refractivity contribution in [3.05, 3.63) is 305 Å². The van der Waals surface area contributed by atoms with Crippen LogP contribution >= 0.6 is 0 Å². The molecule has 0 aliphatic heterocycles. The number of nitrogens with zero attached hydrogens (tertiary/aromatic N) is 8. The molecule has 2 saturated carbocycles. The fourth-order valence-corrected chi connectivity index (χ4v) is 13.9. The summed E-state index contributed by atoms with van der Waals surface area (Å²) in [6.45, 7) is 2.25. The summed E-state index contributed by atoms with van der Waals surface area (Å²) in [5.41, 5.74) is 5.12. The number of alkyl carbamates (subject to hydrolysis) is 3. The highest BCUT2D eigenvalue weighted by atomic mass is 32.2. The van der Waals surface area contributed by atoms with E-state index in [0.29, 0.717) is 41.2 Å². The average molecular weight is 1740 g/mol. The van der Waals surface area contributed by atoms with Gasteiger partial charge >= 0.3 is 24.3 Å². The maximum absolute atomic E-state index is 14.0. The van der Waals surface area contributed by atoms with Crippen LogP contribution < -0.4 is 26.0 Å². The van der Waals surface area contributed by atoms with E-state index in [4.69, 9.17) is 32.3 Å². The van der Waals surface area contributed by atoms with Crippen LogP contribution in [0.4, 0.5) is 36.7 Å². The zero-order valence-electron chi connectivity index (χ0n) is 67.5. The highest BCUT2D eigenvalue weighted by molar-refractivity contribution is 7.90. The van der Waals surface area contributed by atoms with E-state index >= 15 is 0 Å². The van der Waals surface area contributed by atoms with Gasteiger partial charge in [0.25, 0.3) is 57.2 Å². The van der Waals surface area contributed by atoms with E-state index in [1.165, 1.54) is 116 Å². The number of carbonyl (C=O) groups is 8. The van der Waals surface area contributed by atoms with E-state index in [0.717, 1.165) is 68.9 Å². The zero-order valence-corrected chi connectivity index (χ0v) is 68.3. The first-order valence-corrected chi connectivity index (χ1v) is 41.2. The molecule has 14 aromatic rings. The van der Waals surface area contributed by atoms with Crippen molar-refractivity contribution in [1.29, 1.82) is 0 Å². The van der Waals surface area contributed by atoms with Crippen molar-refractivity contribution in [1.82, 2.24) is 66.6 Å². The van der Waals surface area contributed by atoms with Crippen LogP contribution in [-0.4, -0.2) is 116 Å².